The number of nitriles is 2. The molecule has 0 saturated carbocycles. The van der Waals surface area contributed by atoms with Crippen molar-refractivity contribution in [1.82, 2.24) is 0 Å². The van der Waals surface area contributed by atoms with Crippen LogP contribution in [-0.4, -0.2) is 0 Å². The van der Waals surface area contributed by atoms with Crippen molar-refractivity contribution in [2.75, 3.05) is 4.90 Å². The summed E-state index contributed by atoms with van der Waals surface area (Å²) < 4.78 is 0. The number of unbranched alkanes of at least 4 members (excludes halogenated alkanes) is 6. The Labute approximate surface area is 305 Å². The zero-order chi connectivity index (χ0) is 35.6. The second-order valence-corrected chi connectivity index (χ2v) is 15.1. The largest absolute Gasteiger partial charge is 0.310 e. The van der Waals surface area contributed by atoms with Crippen LogP contribution in [0.2, 0.25) is 0 Å². The predicted molar refractivity (Wildman–Crippen MR) is 210 cm³/mol. The number of anilines is 3. The van der Waals surface area contributed by atoms with Crippen LogP contribution < -0.4 is 4.90 Å². The van der Waals surface area contributed by atoms with E-state index in [9.17, 15) is 10.5 Å². The molecule has 3 heteroatoms. The van der Waals surface area contributed by atoms with Gasteiger partial charge in [0.15, 0.2) is 0 Å². The summed E-state index contributed by atoms with van der Waals surface area (Å²) in [5, 5.41) is 20.8. The lowest BCUT2D eigenvalue weighted by molar-refractivity contribution is 0.555. The second-order valence-electron chi connectivity index (χ2n) is 15.1. The first-order valence-electron chi connectivity index (χ1n) is 19.1. The van der Waals surface area contributed by atoms with E-state index < -0.39 is 5.41 Å². The lowest BCUT2D eigenvalue weighted by atomic mass is 9.52. The van der Waals surface area contributed by atoms with Crippen LogP contribution in [-0.2, 0) is 23.7 Å². The van der Waals surface area contributed by atoms with Gasteiger partial charge in [-0.3, -0.25) is 0 Å². The fourth-order valence-corrected chi connectivity index (χ4v) is 8.92. The molecular formula is C48H49N3. The summed E-state index contributed by atoms with van der Waals surface area (Å²) in [6.45, 7) is 9.12. The summed E-state index contributed by atoms with van der Waals surface area (Å²) in [7, 11) is 0. The summed E-state index contributed by atoms with van der Waals surface area (Å²) in [6, 6.07) is 42.7. The first-order chi connectivity index (χ1) is 24.9. The number of rotatable bonds is 11. The van der Waals surface area contributed by atoms with E-state index >= 15 is 0 Å². The van der Waals surface area contributed by atoms with Gasteiger partial charge in [-0.15, -0.1) is 0 Å². The molecule has 0 fully saturated rings. The summed E-state index contributed by atoms with van der Waals surface area (Å²) >= 11 is 0. The minimum Gasteiger partial charge on any atom is -0.310 e. The number of para-hydroxylation sites is 1. The van der Waals surface area contributed by atoms with Gasteiger partial charge in [-0.05, 0) is 119 Å². The van der Waals surface area contributed by atoms with Crippen molar-refractivity contribution >= 4 is 17.1 Å². The van der Waals surface area contributed by atoms with Crippen molar-refractivity contribution in [2.24, 2.45) is 0 Å². The Hall–Kier alpha value is -5.12. The van der Waals surface area contributed by atoms with Gasteiger partial charge in [0.1, 0.15) is 0 Å². The molecule has 2 aliphatic rings. The Bertz CT molecular complexity index is 2010. The van der Waals surface area contributed by atoms with Crippen LogP contribution in [0.15, 0.2) is 103 Å². The first-order valence-corrected chi connectivity index (χ1v) is 19.1. The van der Waals surface area contributed by atoms with Gasteiger partial charge in [0.05, 0.1) is 40.1 Å². The molecule has 0 atom stereocenters. The number of benzene rings is 5. The Morgan fingerprint density at radius 2 is 1.00 bits per heavy atom. The van der Waals surface area contributed by atoms with E-state index in [4.69, 9.17) is 0 Å². The van der Waals surface area contributed by atoms with Gasteiger partial charge in [0.2, 0.25) is 0 Å². The quantitative estimate of drug-likeness (QED) is 0.129. The molecule has 1 spiro atoms. The number of nitrogens with zero attached hydrogens (tertiary/aromatic N) is 3. The minimum absolute atomic E-state index is 0.343. The third kappa shape index (κ3) is 5.84. The van der Waals surface area contributed by atoms with Crippen LogP contribution in [0.25, 0.3) is 0 Å². The SMILES string of the molecule is CCCCCCc1ccc2c(c1)C1(c3cc(CCCCCC)ccc3N2c2ccccc2)c2cc(C#N)ccc2C(C)(C)c2ccc(C#N)cc21. The molecule has 1 aliphatic heterocycles. The summed E-state index contributed by atoms with van der Waals surface area (Å²) in [6.07, 6.45) is 11.7. The van der Waals surface area contributed by atoms with E-state index in [0.29, 0.717) is 11.1 Å². The molecule has 0 amide bonds. The highest BCUT2D eigenvalue weighted by Crippen LogP contribution is 2.63. The molecule has 0 unspecified atom stereocenters. The molecule has 0 radical (unpaired) electrons. The normalized spacial score (nSPS) is 14.5. The van der Waals surface area contributed by atoms with Crippen LogP contribution >= 0.6 is 0 Å². The highest BCUT2D eigenvalue weighted by Gasteiger charge is 2.54. The van der Waals surface area contributed by atoms with Crippen molar-refractivity contribution in [3.05, 3.63) is 159 Å². The Kier molecular flexibility index (Phi) is 9.59. The third-order valence-corrected chi connectivity index (χ3v) is 11.5. The van der Waals surface area contributed by atoms with E-state index in [1.165, 1.54) is 71.9 Å². The zero-order valence-electron chi connectivity index (χ0n) is 30.7. The lowest BCUT2D eigenvalue weighted by Crippen LogP contribution is -2.45. The van der Waals surface area contributed by atoms with E-state index in [-0.39, 0.29) is 5.41 Å². The smallest absolute Gasteiger partial charge is 0.0991 e. The highest BCUT2D eigenvalue weighted by molar-refractivity contribution is 5.91. The molecule has 5 aromatic carbocycles. The van der Waals surface area contributed by atoms with E-state index in [1.54, 1.807) is 0 Å². The van der Waals surface area contributed by atoms with Gasteiger partial charge >= 0.3 is 0 Å². The topological polar surface area (TPSA) is 50.8 Å². The molecule has 0 bridgehead atoms. The van der Waals surface area contributed by atoms with Crippen molar-refractivity contribution < 1.29 is 0 Å². The fourth-order valence-electron chi connectivity index (χ4n) is 8.92. The maximum atomic E-state index is 10.4. The van der Waals surface area contributed by atoms with Crippen LogP contribution in [0.3, 0.4) is 0 Å². The van der Waals surface area contributed by atoms with Crippen molar-refractivity contribution in [2.45, 2.75) is 103 Å². The highest BCUT2D eigenvalue weighted by atomic mass is 15.2. The van der Waals surface area contributed by atoms with Gasteiger partial charge in [-0.2, -0.15) is 10.5 Å². The average molecular weight is 668 g/mol. The zero-order valence-corrected chi connectivity index (χ0v) is 30.7. The third-order valence-electron chi connectivity index (χ3n) is 11.5. The Balaban J connectivity index is 1.62. The van der Waals surface area contributed by atoms with Crippen LogP contribution in [0, 0.1) is 22.7 Å². The molecule has 1 aliphatic carbocycles. The number of fused-ring (bicyclic) bond motifs is 8. The van der Waals surface area contributed by atoms with Gasteiger partial charge < -0.3 is 4.90 Å². The molecule has 5 aromatic rings. The molecule has 256 valence electrons. The molecule has 7 rings (SSSR count). The number of hydrogen-bond acceptors (Lipinski definition) is 3. The van der Waals surface area contributed by atoms with Crippen molar-refractivity contribution in [1.29, 1.82) is 10.5 Å². The molecule has 0 aromatic heterocycles. The Morgan fingerprint density at radius 1 is 0.510 bits per heavy atom. The monoisotopic (exact) mass is 667 g/mol. The molecule has 3 nitrogen and oxygen atoms in total. The molecule has 51 heavy (non-hydrogen) atoms. The van der Waals surface area contributed by atoms with Gasteiger partial charge in [0.25, 0.3) is 0 Å². The van der Waals surface area contributed by atoms with Crippen molar-refractivity contribution in [3.63, 3.8) is 0 Å². The summed E-state index contributed by atoms with van der Waals surface area (Å²) in [4.78, 5) is 2.44. The molecule has 0 saturated heterocycles. The molecule has 1 heterocycles. The standard InChI is InChI=1S/C48H49N3/c1-5-7-9-12-16-34-22-26-45-43(28-34)48(41-30-36(32-49)20-24-39(41)47(3,4)40-25-21-37(33-50)31-42(40)48)44-29-35(17-13-10-8-6-2)23-27-46(44)51(45)38-18-14-11-15-19-38/h11,14-15,18-31H,5-10,12-13,16-17H2,1-4H3. The van der Waals surface area contributed by atoms with Crippen LogP contribution in [0.5, 0.6) is 0 Å². The summed E-state index contributed by atoms with van der Waals surface area (Å²) in [5.74, 6) is 0. The van der Waals surface area contributed by atoms with E-state index in [1.807, 2.05) is 12.1 Å². The minimum atomic E-state index is -0.741. The summed E-state index contributed by atoms with van der Waals surface area (Å²) in [5.41, 5.74) is 13.5. The van der Waals surface area contributed by atoms with Gasteiger partial charge in [0, 0.05) is 11.1 Å². The first kappa shape index (κ1) is 34.3. The van der Waals surface area contributed by atoms with E-state index in [0.717, 1.165) is 53.9 Å². The molecule has 0 N–H and O–H groups in total. The Morgan fingerprint density at radius 3 is 1.45 bits per heavy atom. The average Bonchev–Trinajstić information content (AvgIpc) is 3.16. The fraction of sp³-hybridized carbons (Fsp3) is 0.333. The second kappa shape index (κ2) is 14.2. The van der Waals surface area contributed by atoms with Gasteiger partial charge in [-0.1, -0.05) is 121 Å². The molecular weight excluding hydrogens is 619 g/mol. The lowest BCUT2D eigenvalue weighted by Gasteiger charge is -2.52. The predicted octanol–water partition coefficient (Wildman–Crippen LogP) is 12.5. The van der Waals surface area contributed by atoms with Crippen LogP contribution in [0.4, 0.5) is 17.1 Å². The van der Waals surface area contributed by atoms with Crippen molar-refractivity contribution in [3.8, 4) is 12.1 Å². The maximum Gasteiger partial charge on any atom is 0.0991 e. The maximum absolute atomic E-state index is 10.4. The van der Waals surface area contributed by atoms with Crippen LogP contribution in [0.1, 0.15) is 135 Å². The van der Waals surface area contributed by atoms with Gasteiger partial charge in [-0.25, -0.2) is 0 Å². The van der Waals surface area contributed by atoms with E-state index in [2.05, 4.69) is 136 Å². The number of aryl methyl sites for hydroxylation is 2. The number of hydrogen-bond donors (Lipinski definition) is 0.